The quantitative estimate of drug-likeness (QED) is 0.637. The fourth-order valence-corrected chi connectivity index (χ4v) is 2.44. The lowest BCUT2D eigenvalue weighted by Crippen LogP contribution is -2.39. The van der Waals surface area contributed by atoms with Gasteiger partial charge in [-0.05, 0) is 39.0 Å². The number of carbonyl (C=O) groups excluding carboxylic acids is 1. The van der Waals surface area contributed by atoms with Gasteiger partial charge in [-0.15, -0.1) is 0 Å². The van der Waals surface area contributed by atoms with E-state index in [1.54, 1.807) is 45.0 Å². The van der Waals surface area contributed by atoms with Crippen LogP contribution in [0.1, 0.15) is 20.8 Å². The molecule has 0 aliphatic carbocycles. The van der Waals surface area contributed by atoms with Gasteiger partial charge in [0.25, 0.3) is 0 Å². The largest absolute Gasteiger partial charge is 0.476 e. The van der Waals surface area contributed by atoms with Gasteiger partial charge in [0.05, 0.1) is 17.3 Å². The van der Waals surface area contributed by atoms with E-state index in [2.05, 4.69) is 9.97 Å². The van der Waals surface area contributed by atoms with Crippen molar-refractivity contribution in [3.8, 4) is 17.0 Å². The standard InChI is InChI=1S/C16H17Cl2N3O3/c1-4-23-14(22)16(2,3)24-9-5-6-10(11(17)7-9)12-8-13(18)21-15(19)20-12/h5-8H,4H2,1-3H3,(H2,19,20,21). The summed E-state index contributed by atoms with van der Waals surface area (Å²) in [7, 11) is 0. The summed E-state index contributed by atoms with van der Waals surface area (Å²) in [4.78, 5) is 19.8. The first-order valence-corrected chi connectivity index (χ1v) is 7.94. The molecular formula is C16H17Cl2N3O3. The SMILES string of the molecule is CCOC(=O)C(C)(C)Oc1ccc(-c2cc(Cl)nc(N)n2)c(Cl)c1. The van der Waals surface area contributed by atoms with Crippen molar-refractivity contribution in [1.82, 2.24) is 9.97 Å². The molecule has 24 heavy (non-hydrogen) atoms. The van der Waals surface area contributed by atoms with E-state index in [0.29, 0.717) is 22.0 Å². The van der Waals surface area contributed by atoms with Gasteiger partial charge in [-0.3, -0.25) is 0 Å². The maximum atomic E-state index is 11.9. The van der Waals surface area contributed by atoms with E-state index in [9.17, 15) is 4.79 Å². The number of nitrogens with two attached hydrogens (primary N) is 1. The summed E-state index contributed by atoms with van der Waals surface area (Å²) in [5.41, 5.74) is 5.57. The Hall–Kier alpha value is -2.05. The summed E-state index contributed by atoms with van der Waals surface area (Å²) >= 11 is 12.2. The molecule has 0 fully saturated rings. The molecule has 1 aromatic carbocycles. The summed E-state index contributed by atoms with van der Waals surface area (Å²) in [6, 6.07) is 6.53. The average Bonchev–Trinajstić information content (AvgIpc) is 2.46. The number of aromatic nitrogens is 2. The second-order valence-electron chi connectivity index (χ2n) is 5.41. The van der Waals surface area contributed by atoms with Crippen molar-refractivity contribution < 1.29 is 14.3 Å². The van der Waals surface area contributed by atoms with Gasteiger partial charge in [0, 0.05) is 11.6 Å². The Labute approximate surface area is 149 Å². The number of hydrogen-bond acceptors (Lipinski definition) is 6. The summed E-state index contributed by atoms with van der Waals surface area (Å²) in [6.07, 6.45) is 0. The monoisotopic (exact) mass is 369 g/mol. The average molecular weight is 370 g/mol. The zero-order valence-corrected chi connectivity index (χ0v) is 15.0. The lowest BCUT2D eigenvalue weighted by molar-refractivity contribution is -0.158. The van der Waals surface area contributed by atoms with E-state index in [1.807, 2.05) is 0 Å². The third kappa shape index (κ3) is 4.27. The normalized spacial score (nSPS) is 11.2. The van der Waals surface area contributed by atoms with Crippen LogP contribution in [-0.4, -0.2) is 28.1 Å². The molecule has 1 aromatic heterocycles. The van der Waals surface area contributed by atoms with Crippen LogP contribution in [0.15, 0.2) is 24.3 Å². The zero-order valence-electron chi connectivity index (χ0n) is 13.5. The van der Waals surface area contributed by atoms with E-state index in [1.165, 1.54) is 0 Å². The highest BCUT2D eigenvalue weighted by molar-refractivity contribution is 6.33. The van der Waals surface area contributed by atoms with E-state index in [4.69, 9.17) is 38.4 Å². The fourth-order valence-electron chi connectivity index (χ4n) is 1.98. The minimum atomic E-state index is -1.14. The summed E-state index contributed by atoms with van der Waals surface area (Å²) < 4.78 is 10.7. The van der Waals surface area contributed by atoms with E-state index in [-0.39, 0.29) is 17.7 Å². The summed E-state index contributed by atoms with van der Waals surface area (Å²) in [5, 5.41) is 0.596. The van der Waals surface area contributed by atoms with Gasteiger partial charge in [-0.25, -0.2) is 14.8 Å². The third-order valence-electron chi connectivity index (χ3n) is 3.07. The van der Waals surface area contributed by atoms with Crippen molar-refractivity contribution in [3.63, 3.8) is 0 Å². The highest BCUT2D eigenvalue weighted by Gasteiger charge is 2.31. The van der Waals surface area contributed by atoms with Gasteiger partial charge < -0.3 is 15.2 Å². The van der Waals surface area contributed by atoms with E-state index < -0.39 is 11.6 Å². The molecule has 2 N–H and O–H groups in total. The number of nitrogens with zero attached hydrogens (tertiary/aromatic N) is 2. The molecule has 0 saturated heterocycles. The molecule has 1 heterocycles. The highest BCUT2D eigenvalue weighted by atomic mass is 35.5. The van der Waals surface area contributed by atoms with Crippen LogP contribution in [0.3, 0.4) is 0 Å². The summed E-state index contributed by atoms with van der Waals surface area (Å²) in [5.74, 6) is 0.0211. The molecule has 6 nitrogen and oxygen atoms in total. The lowest BCUT2D eigenvalue weighted by atomic mass is 10.1. The van der Waals surface area contributed by atoms with Crippen LogP contribution in [0.4, 0.5) is 5.95 Å². The molecule has 128 valence electrons. The number of hydrogen-bond donors (Lipinski definition) is 1. The van der Waals surface area contributed by atoms with Crippen molar-refractivity contribution in [2.45, 2.75) is 26.4 Å². The first kappa shape index (κ1) is 18.3. The fraction of sp³-hybridized carbons (Fsp3) is 0.312. The molecule has 0 radical (unpaired) electrons. The van der Waals surface area contributed by atoms with Crippen LogP contribution in [0.5, 0.6) is 5.75 Å². The molecule has 0 aliphatic rings. The van der Waals surface area contributed by atoms with Crippen molar-refractivity contribution in [3.05, 3.63) is 34.4 Å². The highest BCUT2D eigenvalue weighted by Crippen LogP contribution is 2.32. The zero-order chi connectivity index (χ0) is 17.9. The van der Waals surface area contributed by atoms with Gasteiger partial charge in [0.15, 0.2) is 5.60 Å². The predicted molar refractivity (Wildman–Crippen MR) is 93.2 cm³/mol. The Morgan fingerprint density at radius 2 is 1.96 bits per heavy atom. The number of nitrogen functional groups attached to an aromatic ring is 1. The second-order valence-corrected chi connectivity index (χ2v) is 6.20. The number of carbonyl (C=O) groups is 1. The van der Waals surface area contributed by atoms with Crippen LogP contribution < -0.4 is 10.5 Å². The van der Waals surface area contributed by atoms with Crippen LogP contribution in [0.2, 0.25) is 10.2 Å². The molecule has 2 rings (SSSR count). The molecule has 0 unspecified atom stereocenters. The lowest BCUT2D eigenvalue weighted by Gasteiger charge is -2.24. The second kappa shape index (κ2) is 7.23. The Balaban J connectivity index is 2.28. The Morgan fingerprint density at radius 3 is 2.54 bits per heavy atom. The molecular weight excluding hydrogens is 353 g/mol. The van der Waals surface area contributed by atoms with Gasteiger partial charge in [-0.1, -0.05) is 23.2 Å². The van der Waals surface area contributed by atoms with Gasteiger partial charge in [-0.2, -0.15) is 0 Å². The molecule has 0 aliphatic heterocycles. The first-order valence-electron chi connectivity index (χ1n) is 7.19. The minimum Gasteiger partial charge on any atom is -0.476 e. The first-order chi connectivity index (χ1) is 11.2. The number of benzene rings is 1. The van der Waals surface area contributed by atoms with Gasteiger partial charge >= 0.3 is 5.97 Å². The smallest absolute Gasteiger partial charge is 0.349 e. The molecule has 0 saturated carbocycles. The summed E-state index contributed by atoms with van der Waals surface area (Å²) in [6.45, 7) is 5.26. The number of anilines is 1. The number of rotatable bonds is 5. The van der Waals surface area contributed by atoms with Crippen LogP contribution in [0, 0.1) is 0 Å². The number of esters is 1. The van der Waals surface area contributed by atoms with Crippen molar-refractivity contribution >= 4 is 35.1 Å². The van der Waals surface area contributed by atoms with Crippen LogP contribution in [-0.2, 0) is 9.53 Å². The third-order valence-corrected chi connectivity index (χ3v) is 3.58. The van der Waals surface area contributed by atoms with Gasteiger partial charge in [0.2, 0.25) is 5.95 Å². The number of ether oxygens (including phenoxy) is 2. The van der Waals surface area contributed by atoms with Crippen molar-refractivity contribution in [1.29, 1.82) is 0 Å². The van der Waals surface area contributed by atoms with Crippen LogP contribution in [0.25, 0.3) is 11.3 Å². The molecule has 0 bridgehead atoms. The molecule has 0 amide bonds. The van der Waals surface area contributed by atoms with E-state index >= 15 is 0 Å². The van der Waals surface area contributed by atoms with Crippen molar-refractivity contribution in [2.24, 2.45) is 0 Å². The number of halogens is 2. The molecule has 0 atom stereocenters. The maximum absolute atomic E-state index is 11.9. The molecule has 8 heteroatoms. The molecule has 2 aromatic rings. The Kier molecular flexibility index (Phi) is 5.51. The topological polar surface area (TPSA) is 87.3 Å². The Bertz CT molecular complexity index is 746. The van der Waals surface area contributed by atoms with E-state index in [0.717, 1.165) is 0 Å². The predicted octanol–water partition coefficient (Wildman–Crippen LogP) is 3.75. The Morgan fingerprint density at radius 1 is 1.25 bits per heavy atom. The van der Waals surface area contributed by atoms with Crippen molar-refractivity contribution in [2.75, 3.05) is 12.3 Å². The minimum absolute atomic E-state index is 0.0531. The maximum Gasteiger partial charge on any atom is 0.349 e. The molecule has 0 spiro atoms. The van der Waals surface area contributed by atoms with Crippen LogP contribution >= 0.6 is 23.2 Å². The van der Waals surface area contributed by atoms with Gasteiger partial charge in [0.1, 0.15) is 10.9 Å².